The Morgan fingerprint density at radius 2 is 2.55 bits per heavy atom. The van der Waals surface area contributed by atoms with Gasteiger partial charge < -0.3 is 4.74 Å². The molecule has 0 unspecified atom stereocenters. The zero-order chi connectivity index (χ0) is 8.27. The second-order valence-electron chi connectivity index (χ2n) is 2.20. The van der Waals surface area contributed by atoms with Gasteiger partial charge in [0.25, 0.3) is 0 Å². The Hall–Kier alpha value is -1.32. The second-order valence-corrected chi connectivity index (χ2v) is 2.20. The summed E-state index contributed by atoms with van der Waals surface area (Å²) in [4.78, 5) is 16.3. The van der Waals surface area contributed by atoms with Crippen LogP contribution in [0.5, 0.6) is 0 Å². The highest BCUT2D eigenvalue weighted by atomic mass is 16.5. The minimum atomic E-state index is -0.377. The Kier molecular flexibility index (Phi) is 2.25. The van der Waals surface area contributed by atoms with Crippen molar-refractivity contribution in [2.45, 2.75) is 6.92 Å². The van der Waals surface area contributed by atoms with Crippen LogP contribution in [-0.2, 0) is 4.74 Å². The minimum absolute atomic E-state index is 0.356. The molecule has 0 aromatic carbocycles. The number of ether oxygens (including phenoxy) is 1. The van der Waals surface area contributed by atoms with E-state index in [-0.39, 0.29) is 6.09 Å². The highest BCUT2D eigenvalue weighted by Crippen LogP contribution is 2.00. The fourth-order valence-corrected chi connectivity index (χ4v) is 0.721. The van der Waals surface area contributed by atoms with E-state index in [1.54, 1.807) is 12.3 Å². The molecule has 1 rings (SSSR count). The topological polar surface area (TPSA) is 41.9 Å². The number of hydrogen-bond acceptors (Lipinski definition) is 3. The maximum atomic E-state index is 10.9. The Morgan fingerprint density at radius 1 is 1.82 bits per heavy atom. The van der Waals surface area contributed by atoms with Crippen LogP contribution < -0.4 is 0 Å². The number of allylic oxidation sites excluding steroid dienone is 1. The van der Waals surface area contributed by atoms with Gasteiger partial charge in [-0.15, -0.1) is 0 Å². The molecule has 60 valence electrons. The molecule has 0 N–H and O–H groups in total. The number of carbonyl (C=O) groups is 1. The van der Waals surface area contributed by atoms with Crippen molar-refractivity contribution in [3.63, 3.8) is 0 Å². The average Bonchev–Trinajstić information content (AvgIpc) is 2.05. The molecule has 0 aromatic heterocycles. The summed E-state index contributed by atoms with van der Waals surface area (Å²) in [6.45, 7) is 2.24. The molecule has 1 amide bonds. The lowest BCUT2D eigenvalue weighted by Crippen LogP contribution is -2.28. The predicted octanol–water partition coefficient (Wildman–Crippen LogP) is 1.00. The molecule has 0 spiro atoms. The zero-order valence-electron chi connectivity index (χ0n) is 6.57. The maximum Gasteiger partial charge on any atom is 0.415 e. The number of nitrogens with zero attached hydrogens (tertiary/aromatic N) is 2. The molecule has 1 heterocycles. The van der Waals surface area contributed by atoms with Crippen LogP contribution in [0.2, 0.25) is 0 Å². The molecule has 0 saturated carbocycles. The number of amides is 1. The predicted molar refractivity (Wildman–Crippen MR) is 41.4 cm³/mol. The van der Waals surface area contributed by atoms with Gasteiger partial charge in [0.05, 0.1) is 7.11 Å². The summed E-state index contributed by atoms with van der Waals surface area (Å²) in [5.74, 6) is 0. The van der Waals surface area contributed by atoms with E-state index in [1.165, 1.54) is 12.0 Å². The second kappa shape index (κ2) is 3.18. The van der Waals surface area contributed by atoms with Crippen LogP contribution in [-0.4, -0.2) is 30.5 Å². The summed E-state index contributed by atoms with van der Waals surface area (Å²) >= 11 is 0. The molecule has 4 nitrogen and oxygen atoms in total. The van der Waals surface area contributed by atoms with Gasteiger partial charge in [0.2, 0.25) is 0 Å². The first-order valence-electron chi connectivity index (χ1n) is 3.28. The van der Waals surface area contributed by atoms with Crippen molar-refractivity contribution in [3.05, 3.63) is 12.3 Å². The van der Waals surface area contributed by atoms with Gasteiger partial charge in [-0.2, -0.15) is 0 Å². The molecule has 1 aliphatic rings. The van der Waals surface area contributed by atoms with E-state index in [2.05, 4.69) is 9.73 Å². The third-order valence-corrected chi connectivity index (χ3v) is 1.38. The van der Waals surface area contributed by atoms with Crippen molar-refractivity contribution < 1.29 is 9.53 Å². The van der Waals surface area contributed by atoms with Crippen LogP contribution in [0.3, 0.4) is 0 Å². The number of rotatable bonds is 0. The van der Waals surface area contributed by atoms with Crippen LogP contribution in [0.15, 0.2) is 17.3 Å². The first-order valence-corrected chi connectivity index (χ1v) is 3.28. The van der Waals surface area contributed by atoms with Gasteiger partial charge in [0, 0.05) is 11.9 Å². The Bertz CT molecular complexity index is 220. The SMILES string of the molecule is COC(=O)N1C=CC(C)=NC1. The van der Waals surface area contributed by atoms with Crippen molar-refractivity contribution in [2.24, 2.45) is 4.99 Å². The summed E-state index contributed by atoms with van der Waals surface area (Å²) in [5, 5.41) is 0. The van der Waals surface area contributed by atoms with E-state index in [0.29, 0.717) is 6.67 Å². The van der Waals surface area contributed by atoms with Gasteiger partial charge in [0.15, 0.2) is 0 Å². The van der Waals surface area contributed by atoms with Gasteiger partial charge in [-0.3, -0.25) is 9.89 Å². The molecule has 0 aliphatic carbocycles. The fourth-order valence-electron chi connectivity index (χ4n) is 0.721. The molecule has 0 atom stereocenters. The van der Waals surface area contributed by atoms with Crippen molar-refractivity contribution >= 4 is 11.8 Å². The summed E-state index contributed by atoms with van der Waals surface area (Å²) in [7, 11) is 1.35. The molecule has 4 heteroatoms. The van der Waals surface area contributed by atoms with Crippen LogP contribution in [0.4, 0.5) is 4.79 Å². The molecule has 0 radical (unpaired) electrons. The first-order chi connectivity index (χ1) is 5.24. The molecular formula is C7H10N2O2. The van der Waals surface area contributed by atoms with Crippen molar-refractivity contribution in [1.29, 1.82) is 0 Å². The third-order valence-electron chi connectivity index (χ3n) is 1.38. The normalized spacial score (nSPS) is 16.2. The van der Waals surface area contributed by atoms with E-state index in [9.17, 15) is 4.79 Å². The van der Waals surface area contributed by atoms with Gasteiger partial charge in [-0.1, -0.05) is 0 Å². The monoisotopic (exact) mass is 154 g/mol. The molecule has 11 heavy (non-hydrogen) atoms. The first kappa shape index (κ1) is 7.78. The van der Waals surface area contributed by atoms with E-state index in [4.69, 9.17) is 0 Å². The van der Waals surface area contributed by atoms with Crippen molar-refractivity contribution in [1.82, 2.24) is 4.90 Å². The summed E-state index contributed by atoms with van der Waals surface area (Å²) in [6, 6.07) is 0. The van der Waals surface area contributed by atoms with Crippen LogP contribution in [0.1, 0.15) is 6.92 Å². The van der Waals surface area contributed by atoms with E-state index >= 15 is 0 Å². The number of carbonyl (C=O) groups excluding carboxylic acids is 1. The summed E-state index contributed by atoms with van der Waals surface area (Å²) < 4.78 is 4.49. The van der Waals surface area contributed by atoms with Gasteiger partial charge in [0.1, 0.15) is 6.67 Å². The maximum absolute atomic E-state index is 10.9. The van der Waals surface area contributed by atoms with E-state index in [0.717, 1.165) is 5.71 Å². The quantitative estimate of drug-likeness (QED) is 0.522. The Morgan fingerprint density at radius 3 is 3.00 bits per heavy atom. The fraction of sp³-hybridized carbons (Fsp3) is 0.429. The average molecular weight is 154 g/mol. The van der Waals surface area contributed by atoms with E-state index < -0.39 is 0 Å². The van der Waals surface area contributed by atoms with Crippen LogP contribution in [0.25, 0.3) is 0 Å². The van der Waals surface area contributed by atoms with Crippen LogP contribution in [0, 0.1) is 0 Å². The molecule has 0 bridgehead atoms. The molecule has 0 aromatic rings. The number of hydrogen-bond donors (Lipinski definition) is 0. The highest BCUT2D eigenvalue weighted by Gasteiger charge is 2.11. The standard InChI is InChI=1S/C7H10N2O2/c1-6-3-4-9(5-8-6)7(10)11-2/h3-4H,5H2,1-2H3. The van der Waals surface area contributed by atoms with Gasteiger partial charge in [-0.05, 0) is 13.0 Å². The largest absolute Gasteiger partial charge is 0.452 e. The Labute approximate surface area is 65.2 Å². The van der Waals surface area contributed by atoms with Gasteiger partial charge >= 0.3 is 6.09 Å². The lowest BCUT2D eigenvalue weighted by atomic mass is 10.4. The summed E-state index contributed by atoms with van der Waals surface area (Å²) in [6.07, 6.45) is 3.05. The zero-order valence-corrected chi connectivity index (χ0v) is 6.57. The lowest BCUT2D eigenvalue weighted by Gasteiger charge is -2.16. The van der Waals surface area contributed by atoms with Crippen molar-refractivity contribution in [2.75, 3.05) is 13.8 Å². The molecule has 1 aliphatic heterocycles. The number of methoxy groups -OCH3 is 1. The smallest absolute Gasteiger partial charge is 0.415 e. The minimum Gasteiger partial charge on any atom is -0.452 e. The molecule has 0 saturated heterocycles. The lowest BCUT2D eigenvalue weighted by molar-refractivity contribution is 0.140. The highest BCUT2D eigenvalue weighted by molar-refractivity contribution is 5.93. The third kappa shape index (κ3) is 1.80. The summed E-state index contributed by atoms with van der Waals surface area (Å²) in [5.41, 5.74) is 0.921. The van der Waals surface area contributed by atoms with Crippen molar-refractivity contribution in [3.8, 4) is 0 Å². The van der Waals surface area contributed by atoms with Crippen LogP contribution >= 0.6 is 0 Å². The molecular weight excluding hydrogens is 144 g/mol. The molecule has 0 fully saturated rings. The Balaban J connectivity index is 2.55. The number of aliphatic imine (C=N–C) groups is 1. The van der Waals surface area contributed by atoms with Gasteiger partial charge in [-0.25, -0.2) is 4.79 Å². The van der Waals surface area contributed by atoms with E-state index in [1.807, 2.05) is 6.92 Å².